The van der Waals surface area contributed by atoms with Gasteiger partial charge in [-0.3, -0.25) is 0 Å². The highest BCUT2D eigenvalue weighted by atomic mass is 15.0. The number of nitriles is 1. The second kappa shape index (κ2) is 6.28. The zero-order valence-corrected chi connectivity index (χ0v) is 13.1. The Morgan fingerprint density at radius 3 is 2.90 bits per heavy atom. The van der Waals surface area contributed by atoms with Crippen molar-refractivity contribution < 1.29 is 0 Å². The van der Waals surface area contributed by atoms with Crippen LogP contribution in [-0.2, 0) is 13.0 Å². The van der Waals surface area contributed by atoms with Gasteiger partial charge < -0.3 is 10.3 Å². The molecule has 0 aromatic carbocycles. The van der Waals surface area contributed by atoms with Crippen LogP contribution in [0, 0.1) is 16.7 Å². The fourth-order valence-corrected chi connectivity index (χ4v) is 2.41. The van der Waals surface area contributed by atoms with Crippen LogP contribution >= 0.6 is 0 Å². The minimum atomic E-state index is -0.314. The molecule has 0 aliphatic heterocycles. The number of hydrogen-bond acceptors (Lipinski definition) is 3. The molecule has 1 atom stereocenters. The van der Waals surface area contributed by atoms with Crippen LogP contribution < -0.4 is 5.73 Å². The third kappa shape index (κ3) is 3.62. The summed E-state index contributed by atoms with van der Waals surface area (Å²) >= 11 is 0. The minimum Gasteiger partial charge on any atom is -0.332 e. The van der Waals surface area contributed by atoms with E-state index in [-0.39, 0.29) is 11.5 Å². The first-order valence-corrected chi connectivity index (χ1v) is 7.56. The first kappa shape index (κ1) is 15.5. The molecule has 0 amide bonds. The van der Waals surface area contributed by atoms with Crippen molar-refractivity contribution >= 4 is 11.0 Å². The monoisotopic (exact) mass is 284 g/mol. The Hall–Kier alpha value is -1.86. The van der Waals surface area contributed by atoms with E-state index in [1.807, 2.05) is 26.1 Å². The molecular formula is C17H24N4. The zero-order chi connectivity index (χ0) is 15.5. The van der Waals surface area contributed by atoms with Crippen LogP contribution in [0.25, 0.3) is 11.0 Å². The fourth-order valence-electron chi connectivity index (χ4n) is 2.41. The number of rotatable bonds is 6. The van der Waals surface area contributed by atoms with E-state index in [0.29, 0.717) is 0 Å². The molecule has 0 spiro atoms. The van der Waals surface area contributed by atoms with Crippen molar-refractivity contribution in [3.8, 4) is 6.07 Å². The fraction of sp³-hybridized carbons (Fsp3) is 0.529. The average Bonchev–Trinajstić information content (AvgIpc) is 2.83. The van der Waals surface area contributed by atoms with E-state index in [1.165, 1.54) is 10.9 Å². The second-order valence-corrected chi connectivity index (χ2v) is 6.34. The molecule has 0 saturated carbocycles. The van der Waals surface area contributed by atoms with Gasteiger partial charge in [-0.1, -0.05) is 6.92 Å². The molecule has 2 N–H and O–H groups in total. The molecule has 2 heterocycles. The molecule has 1 unspecified atom stereocenters. The third-order valence-corrected chi connectivity index (χ3v) is 4.00. The van der Waals surface area contributed by atoms with Gasteiger partial charge in [0.15, 0.2) is 0 Å². The lowest BCUT2D eigenvalue weighted by molar-refractivity contribution is 0.416. The van der Waals surface area contributed by atoms with Gasteiger partial charge in [0.1, 0.15) is 5.65 Å². The molecule has 0 aliphatic carbocycles. The zero-order valence-electron chi connectivity index (χ0n) is 13.1. The van der Waals surface area contributed by atoms with Crippen molar-refractivity contribution in [3.05, 3.63) is 30.1 Å². The van der Waals surface area contributed by atoms with Crippen LogP contribution in [0.3, 0.4) is 0 Å². The molecule has 0 radical (unpaired) electrons. The Balaban J connectivity index is 2.30. The summed E-state index contributed by atoms with van der Waals surface area (Å²) in [5, 5.41) is 10.3. The van der Waals surface area contributed by atoms with Gasteiger partial charge in [0, 0.05) is 30.4 Å². The van der Waals surface area contributed by atoms with Crippen LogP contribution in [0.2, 0.25) is 0 Å². The van der Waals surface area contributed by atoms with E-state index >= 15 is 0 Å². The minimum absolute atomic E-state index is 0.180. The number of hydrogen-bond donors (Lipinski definition) is 1. The highest BCUT2D eigenvalue weighted by Crippen LogP contribution is 2.24. The first-order valence-electron chi connectivity index (χ1n) is 7.56. The lowest BCUT2D eigenvalue weighted by atomic mass is 9.91. The highest BCUT2D eigenvalue weighted by Gasteiger charge is 2.18. The molecule has 4 heteroatoms. The molecule has 4 nitrogen and oxygen atoms in total. The summed E-state index contributed by atoms with van der Waals surface area (Å²) in [6, 6.07) is 6.60. The summed E-state index contributed by atoms with van der Waals surface area (Å²) in [5.74, 6) is 0. The quantitative estimate of drug-likeness (QED) is 0.885. The highest BCUT2D eigenvalue weighted by molar-refractivity contribution is 5.80. The molecule has 2 aromatic heterocycles. The van der Waals surface area contributed by atoms with E-state index in [0.717, 1.165) is 31.5 Å². The number of fused-ring (bicyclic) bond motifs is 1. The van der Waals surface area contributed by atoms with Gasteiger partial charge in [-0.05, 0) is 50.8 Å². The number of aryl methyl sites for hydroxylation is 1. The Morgan fingerprint density at radius 2 is 2.24 bits per heavy atom. The maximum absolute atomic E-state index is 9.15. The summed E-state index contributed by atoms with van der Waals surface area (Å²) in [7, 11) is 0. The van der Waals surface area contributed by atoms with E-state index in [2.05, 4.69) is 34.8 Å². The van der Waals surface area contributed by atoms with Crippen LogP contribution in [0.1, 0.15) is 39.2 Å². The molecule has 0 aliphatic rings. The van der Waals surface area contributed by atoms with Gasteiger partial charge in [-0.15, -0.1) is 0 Å². The number of aromatic nitrogens is 2. The normalized spacial score (nSPS) is 13.3. The largest absolute Gasteiger partial charge is 0.332 e. The predicted octanol–water partition coefficient (Wildman–Crippen LogP) is 3.26. The Labute approximate surface area is 126 Å². The average molecular weight is 284 g/mol. The van der Waals surface area contributed by atoms with Gasteiger partial charge >= 0.3 is 0 Å². The summed E-state index contributed by atoms with van der Waals surface area (Å²) in [5.41, 5.74) is 8.03. The van der Waals surface area contributed by atoms with Gasteiger partial charge in [-0.25, -0.2) is 4.98 Å². The van der Waals surface area contributed by atoms with Crippen molar-refractivity contribution in [2.75, 3.05) is 0 Å². The lowest BCUT2D eigenvalue weighted by Crippen LogP contribution is -2.21. The van der Waals surface area contributed by atoms with Crippen LogP contribution in [-0.4, -0.2) is 15.6 Å². The van der Waals surface area contributed by atoms with Gasteiger partial charge in [-0.2, -0.15) is 5.26 Å². The molecule has 2 aromatic rings. The van der Waals surface area contributed by atoms with Crippen molar-refractivity contribution in [3.63, 3.8) is 0 Å². The van der Waals surface area contributed by atoms with Crippen molar-refractivity contribution in [2.24, 2.45) is 11.1 Å². The van der Waals surface area contributed by atoms with E-state index in [4.69, 9.17) is 11.0 Å². The van der Waals surface area contributed by atoms with Gasteiger partial charge in [0.05, 0.1) is 11.5 Å². The van der Waals surface area contributed by atoms with E-state index in [9.17, 15) is 0 Å². The van der Waals surface area contributed by atoms with Crippen LogP contribution in [0.4, 0.5) is 0 Å². The topological polar surface area (TPSA) is 67.6 Å². The smallest absolute Gasteiger partial charge is 0.140 e. The molecule has 2 rings (SSSR count). The summed E-state index contributed by atoms with van der Waals surface area (Å²) < 4.78 is 2.16. The van der Waals surface area contributed by atoms with Gasteiger partial charge in [0.25, 0.3) is 0 Å². The Kier molecular flexibility index (Phi) is 4.64. The van der Waals surface area contributed by atoms with Crippen LogP contribution in [0.15, 0.2) is 24.5 Å². The van der Waals surface area contributed by atoms with E-state index in [1.54, 1.807) is 0 Å². The summed E-state index contributed by atoms with van der Waals surface area (Å²) in [4.78, 5) is 4.50. The van der Waals surface area contributed by atoms with E-state index < -0.39 is 0 Å². The first-order chi connectivity index (χ1) is 9.96. The molecule has 112 valence electrons. The SMILES string of the molecule is CCC(N)Cc1cn(CCC(C)(C)C#N)c2ncccc12. The Bertz CT molecular complexity index is 648. The molecule has 0 bridgehead atoms. The van der Waals surface area contributed by atoms with Crippen molar-refractivity contribution in [2.45, 2.75) is 52.6 Å². The summed E-state index contributed by atoms with van der Waals surface area (Å²) in [6.45, 7) is 6.85. The van der Waals surface area contributed by atoms with Gasteiger partial charge in [0.2, 0.25) is 0 Å². The second-order valence-electron chi connectivity index (χ2n) is 6.34. The number of nitrogens with two attached hydrogens (primary N) is 1. The summed E-state index contributed by atoms with van der Waals surface area (Å²) in [6.07, 6.45) is 6.61. The number of pyridine rings is 1. The molecule has 0 saturated heterocycles. The van der Waals surface area contributed by atoms with Crippen molar-refractivity contribution in [1.82, 2.24) is 9.55 Å². The van der Waals surface area contributed by atoms with Crippen LogP contribution in [0.5, 0.6) is 0 Å². The Morgan fingerprint density at radius 1 is 1.48 bits per heavy atom. The maximum atomic E-state index is 9.15. The standard InChI is InChI=1S/C17H24N4/c1-4-14(19)10-13-11-21(9-7-17(2,3)12-18)16-15(13)6-5-8-20-16/h5-6,8,11,14H,4,7,9-10,19H2,1-3H3. The third-order valence-electron chi connectivity index (χ3n) is 4.00. The maximum Gasteiger partial charge on any atom is 0.140 e. The molecular weight excluding hydrogens is 260 g/mol. The molecule has 21 heavy (non-hydrogen) atoms. The lowest BCUT2D eigenvalue weighted by Gasteiger charge is -2.15. The molecule has 0 fully saturated rings. The van der Waals surface area contributed by atoms with Crippen molar-refractivity contribution in [1.29, 1.82) is 5.26 Å². The number of nitrogens with zero attached hydrogens (tertiary/aromatic N) is 3. The predicted molar refractivity (Wildman–Crippen MR) is 85.7 cm³/mol.